The summed E-state index contributed by atoms with van der Waals surface area (Å²) in [6.07, 6.45) is 0. The summed E-state index contributed by atoms with van der Waals surface area (Å²) >= 11 is 4.69. The van der Waals surface area contributed by atoms with Crippen LogP contribution in [0.2, 0.25) is 0 Å². The number of ether oxygens (including phenoxy) is 1. The van der Waals surface area contributed by atoms with Gasteiger partial charge in [-0.1, -0.05) is 12.2 Å². The largest absolute Gasteiger partial charge is 0.379 e. The Morgan fingerprint density at radius 1 is 1.50 bits per heavy atom. The number of hydrazine groups is 1. The molecule has 0 unspecified atom stereocenters. The Morgan fingerprint density at radius 3 is 2.58 bits per heavy atom. The maximum absolute atomic E-state index is 10.5. The van der Waals surface area contributed by atoms with E-state index in [-0.39, 0.29) is 4.99 Å². The molecular formula is C6H11N3O2S. The minimum absolute atomic E-state index is 0.0527. The lowest BCUT2D eigenvalue weighted by Gasteiger charge is -2.27. The second-order valence-corrected chi connectivity index (χ2v) is 2.81. The minimum Gasteiger partial charge on any atom is -0.379 e. The van der Waals surface area contributed by atoms with Crippen LogP contribution in [0, 0.1) is 0 Å². The van der Waals surface area contributed by atoms with Gasteiger partial charge in [-0.25, -0.2) is 5.01 Å². The molecule has 1 rings (SSSR count). The van der Waals surface area contributed by atoms with Crippen LogP contribution in [0.1, 0.15) is 0 Å². The van der Waals surface area contributed by atoms with Gasteiger partial charge in [-0.15, -0.1) is 0 Å². The summed E-state index contributed by atoms with van der Waals surface area (Å²) < 4.78 is 5.10. The quantitative estimate of drug-likeness (QED) is 0.498. The van der Waals surface area contributed by atoms with E-state index in [0.717, 1.165) is 0 Å². The lowest BCUT2D eigenvalue weighted by atomic mass is 10.5. The number of hydrogen-bond donors (Lipinski definition) is 2. The highest BCUT2D eigenvalue weighted by atomic mass is 32.1. The summed E-state index contributed by atoms with van der Waals surface area (Å²) in [5.41, 5.74) is 7.68. The Morgan fingerprint density at radius 2 is 2.08 bits per heavy atom. The van der Waals surface area contributed by atoms with E-state index in [1.807, 2.05) is 5.01 Å². The molecule has 1 aliphatic heterocycles. The van der Waals surface area contributed by atoms with E-state index < -0.39 is 5.91 Å². The molecule has 0 saturated carbocycles. The summed E-state index contributed by atoms with van der Waals surface area (Å²) in [7, 11) is 0. The molecule has 0 aromatic heterocycles. The van der Waals surface area contributed by atoms with E-state index in [2.05, 4.69) is 5.43 Å². The summed E-state index contributed by atoms with van der Waals surface area (Å²) in [5.74, 6) is -0.600. The van der Waals surface area contributed by atoms with E-state index in [1.165, 1.54) is 0 Å². The molecule has 0 aromatic carbocycles. The van der Waals surface area contributed by atoms with Crippen LogP contribution in [0.4, 0.5) is 0 Å². The SMILES string of the molecule is NC(=O)C(=S)NN1CCOCC1. The van der Waals surface area contributed by atoms with Crippen LogP contribution in [0.15, 0.2) is 0 Å². The molecule has 3 N–H and O–H groups in total. The number of rotatable bonds is 1. The van der Waals surface area contributed by atoms with Gasteiger partial charge in [0.2, 0.25) is 0 Å². The minimum atomic E-state index is -0.600. The molecule has 1 fully saturated rings. The second kappa shape index (κ2) is 4.34. The van der Waals surface area contributed by atoms with Crippen LogP contribution in [0.5, 0.6) is 0 Å². The fraction of sp³-hybridized carbons (Fsp3) is 0.667. The number of nitrogens with one attached hydrogen (secondary N) is 1. The molecule has 1 amide bonds. The molecule has 1 heterocycles. The fourth-order valence-electron chi connectivity index (χ4n) is 0.874. The number of hydrogen-bond acceptors (Lipinski definition) is 4. The molecule has 12 heavy (non-hydrogen) atoms. The molecule has 0 atom stereocenters. The third kappa shape index (κ3) is 2.72. The standard InChI is InChI=1S/C6H11N3O2S/c7-5(10)6(12)8-9-1-3-11-4-2-9/h1-4H2,(H2,7,10)(H,8,12). The third-order valence-electron chi connectivity index (χ3n) is 1.49. The molecule has 6 heteroatoms. The molecule has 68 valence electrons. The van der Waals surface area contributed by atoms with Crippen LogP contribution in [-0.4, -0.2) is 42.2 Å². The van der Waals surface area contributed by atoms with Gasteiger partial charge in [-0.3, -0.25) is 4.79 Å². The monoisotopic (exact) mass is 189 g/mol. The number of nitrogens with zero attached hydrogens (tertiary/aromatic N) is 1. The van der Waals surface area contributed by atoms with Crippen LogP contribution >= 0.6 is 12.2 Å². The molecule has 0 spiro atoms. The number of thiocarbonyl (C=S) groups is 1. The van der Waals surface area contributed by atoms with Gasteiger partial charge in [-0.2, -0.15) is 0 Å². The van der Waals surface area contributed by atoms with Crippen molar-refractivity contribution in [1.29, 1.82) is 0 Å². The predicted molar refractivity (Wildman–Crippen MR) is 47.3 cm³/mol. The first-order valence-corrected chi connectivity index (χ1v) is 4.04. The zero-order valence-electron chi connectivity index (χ0n) is 6.58. The lowest BCUT2D eigenvalue weighted by Crippen LogP contribution is -2.51. The molecule has 0 aliphatic carbocycles. The first-order chi connectivity index (χ1) is 5.70. The van der Waals surface area contributed by atoms with Gasteiger partial charge in [0.05, 0.1) is 13.2 Å². The van der Waals surface area contributed by atoms with Crippen LogP contribution in [0.25, 0.3) is 0 Å². The van der Waals surface area contributed by atoms with Crippen molar-refractivity contribution in [2.75, 3.05) is 26.3 Å². The first-order valence-electron chi connectivity index (χ1n) is 3.63. The Labute approximate surface area is 75.8 Å². The molecule has 0 aromatic rings. The van der Waals surface area contributed by atoms with Crippen molar-refractivity contribution < 1.29 is 9.53 Å². The Bertz CT molecular complexity index is 191. The highest BCUT2D eigenvalue weighted by molar-refractivity contribution is 7.82. The Hall–Kier alpha value is -0.720. The predicted octanol–water partition coefficient (Wildman–Crippen LogP) is -1.36. The van der Waals surface area contributed by atoms with Crippen LogP contribution < -0.4 is 11.2 Å². The molecule has 0 radical (unpaired) electrons. The average Bonchev–Trinajstić information content (AvgIpc) is 2.06. The van der Waals surface area contributed by atoms with Gasteiger partial charge in [-0.05, 0) is 0 Å². The van der Waals surface area contributed by atoms with Gasteiger partial charge in [0.25, 0.3) is 5.91 Å². The van der Waals surface area contributed by atoms with E-state index in [0.29, 0.717) is 26.3 Å². The topological polar surface area (TPSA) is 67.6 Å². The highest BCUT2D eigenvalue weighted by Gasteiger charge is 2.12. The van der Waals surface area contributed by atoms with E-state index in [1.54, 1.807) is 0 Å². The van der Waals surface area contributed by atoms with Gasteiger partial charge >= 0.3 is 0 Å². The number of primary amides is 1. The van der Waals surface area contributed by atoms with Gasteiger partial charge in [0, 0.05) is 13.1 Å². The van der Waals surface area contributed by atoms with E-state index in [9.17, 15) is 4.79 Å². The first kappa shape index (κ1) is 9.37. The fourth-order valence-corrected chi connectivity index (χ4v) is 1.00. The molecule has 5 nitrogen and oxygen atoms in total. The highest BCUT2D eigenvalue weighted by Crippen LogP contribution is 1.92. The van der Waals surface area contributed by atoms with Crippen molar-refractivity contribution in [2.45, 2.75) is 0 Å². The molecule has 1 aliphatic rings. The number of carbonyl (C=O) groups is 1. The van der Waals surface area contributed by atoms with Crippen molar-refractivity contribution in [3.8, 4) is 0 Å². The average molecular weight is 189 g/mol. The molecular weight excluding hydrogens is 178 g/mol. The van der Waals surface area contributed by atoms with Crippen molar-refractivity contribution in [3.63, 3.8) is 0 Å². The number of nitrogens with two attached hydrogens (primary N) is 1. The number of amides is 1. The maximum Gasteiger partial charge on any atom is 0.277 e. The molecule has 1 saturated heterocycles. The summed E-state index contributed by atoms with van der Waals surface area (Å²) in [6.45, 7) is 2.73. The number of carbonyl (C=O) groups excluding carboxylic acids is 1. The maximum atomic E-state index is 10.5. The van der Waals surface area contributed by atoms with Crippen LogP contribution in [-0.2, 0) is 9.53 Å². The van der Waals surface area contributed by atoms with Crippen molar-refractivity contribution in [1.82, 2.24) is 10.4 Å². The summed E-state index contributed by atoms with van der Waals surface area (Å²) in [6, 6.07) is 0. The van der Waals surface area contributed by atoms with E-state index in [4.69, 9.17) is 22.7 Å². The lowest BCUT2D eigenvalue weighted by molar-refractivity contribution is -0.112. The smallest absolute Gasteiger partial charge is 0.277 e. The third-order valence-corrected chi connectivity index (χ3v) is 1.79. The van der Waals surface area contributed by atoms with Gasteiger partial charge in [0.1, 0.15) is 0 Å². The van der Waals surface area contributed by atoms with Crippen molar-refractivity contribution in [3.05, 3.63) is 0 Å². The zero-order valence-corrected chi connectivity index (χ0v) is 7.39. The normalized spacial score (nSPS) is 18.7. The van der Waals surface area contributed by atoms with Gasteiger partial charge < -0.3 is 15.9 Å². The van der Waals surface area contributed by atoms with Gasteiger partial charge in [0.15, 0.2) is 4.99 Å². The van der Waals surface area contributed by atoms with Crippen molar-refractivity contribution >= 4 is 23.1 Å². The Kier molecular flexibility index (Phi) is 3.39. The Balaban J connectivity index is 2.29. The van der Waals surface area contributed by atoms with Crippen molar-refractivity contribution in [2.24, 2.45) is 5.73 Å². The summed E-state index contributed by atoms with van der Waals surface area (Å²) in [4.78, 5) is 10.6. The second-order valence-electron chi connectivity index (χ2n) is 2.40. The summed E-state index contributed by atoms with van der Waals surface area (Å²) in [5, 5.41) is 1.82. The number of morpholine rings is 1. The molecule has 0 bridgehead atoms. The van der Waals surface area contributed by atoms with E-state index >= 15 is 0 Å². The van der Waals surface area contributed by atoms with Crippen LogP contribution in [0.3, 0.4) is 0 Å². The zero-order chi connectivity index (χ0) is 8.97.